The van der Waals surface area contributed by atoms with Gasteiger partial charge >= 0.3 is 5.97 Å². The molecule has 6 heteroatoms. The zero-order valence-electron chi connectivity index (χ0n) is 10.8. The van der Waals surface area contributed by atoms with Gasteiger partial charge < -0.3 is 15.8 Å². The minimum atomic E-state index is -0.413. The van der Waals surface area contributed by atoms with E-state index in [9.17, 15) is 4.79 Å². The van der Waals surface area contributed by atoms with E-state index in [1.54, 1.807) is 29.5 Å². The van der Waals surface area contributed by atoms with E-state index < -0.39 is 5.97 Å². The smallest absolute Gasteiger partial charge is 0.340 e. The van der Waals surface area contributed by atoms with Crippen molar-refractivity contribution in [2.45, 2.75) is 13.5 Å². The number of hydrogen-bond donors (Lipinski definition) is 2. The van der Waals surface area contributed by atoms with Crippen LogP contribution in [-0.2, 0) is 11.3 Å². The first kappa shape index (κ1) is 13.4. The van der Waals surface area contributed by atoms with Gasteiger partial charge in [0.05, 0.1) is 29.9 Å². The molecule has 0 saturated heterocycles. The molecule has 0 amide bonds. The first-order valence-electron chi connectivity index (χ1n) is 5.73. The van der Waals surface area contributed by atoms with Crippen LogP contribution in [0.15, 0.2) is 23.6 Å². The molecule has 2 rings (SSSR count). The highest BCUT2D eigenvalue weighted by molar-refractivity contribution is 7.09. The molecule has 0 aliphatic carbocycles. The van der Waals surface area contributed by atoms with Crippen molar-refractivity contribution in [1.82, 2.24) is 4.98 Å². The Labute approximate surface area is 115 Å². The molecule has 0 saturated carbocycles. The highest BCUT2D eigenvalue weighted by Gasteiger charge is 2.12. The molecule has 0 unspecified atom stereocenters. The highest BCUT2D eigenvalue weighted by atomic mass is 32.1. The number of methoxy groups -OCH3 is 1. The maximum atomic E-state index is 11.7. The van der Waals surface area contributed by atoms with Gasteiger partial charge in [-0.25, -0.2) is 9.78 Å². The van der Waals surface area contributed by atoms with Gasteiger partial charge in [-0.3, -0.25) is 0 Å². The molecule has 0 fully saturated rings. The zero-order chi connectivity index (χ0) is 13.8. The molecule has 1 aromatic heterocycles. The second-order valence-corrected chi connectivity index (χ2v) is 5.07. The van der Waals surface area contributed by atoms with Gasteiger partial charge in [-0.05, 0) is 25.1 Å². The third-order valence-electron chi connectivity index (χ3n) is 2.58. The van der Waals surface area contributed by atoms with E-state index in [1.165, 1.54) is 7.11 Å². The fourth-order valence-corrected chi connectivity index (χ4v) is 2.28. The number of thiazole rings is 1. The number of aryl methyl sites for hydroxylation is 1. The van der Waals surface area contributed by atoms with E-state index in [1.807, 2.05) is 12.3 Å². The molecular formula is C13H15N3O2S. The highest BCUT2D eigenvalue weighted by Crippen LogP contribution is 2.21. The Morgan fingerprint density at radius 3 is 2.95 bits per heavy atom. The number of rotatable bonds is 4. The Hall–Kier alpha value is -2.08. The molecule has 0 bridgehead atoms. The normalized spacial score (nSPS) is 10.2. The molecule has 1 aromatic carbocycles. The molecule has 0 aliphatic rings. The number of nitrogens with one attached hydrogen (secondary N) is 1. The number of anilines is 2. The van der Waals surface area contributed by atoms with Crippen molar-refractivity contribution < 1.29 is 9.53 Å². The lowest BCUT2D eigenvalue weighted by Gasteiger charge is -2.10. The maximum Gasteiger partial charge on any atom is 0.340 e. The number of carbonyl (C=O) groups excluding carboxylic acids is 1. The average Bonchev–Trinajstić information content (AvgIpc) is 2.82. The third kappa shape index (κ3) is 3.23. The lowest BCUT2D eigenvalue weighted by Crippen LogP contribution is -2.09. The molecule has 19 heavy (non-hydrogen) atoms. The predicted molar refractivity (Wildman–Crippen MR) is 76.4 cm³/mol. The summed E-state index contributed by atoms with van der Waals surface area (Å²) >= 11 is 1.59. The largest absolute Gasteiger partial charge is 0.465 e. The summed E-state index contributed by atoms with van der Waals surface area (Å²) in [6.07, 6.45) is 0. The summed E-state index contributed by atoms with van der Waals surface area (Å²) in [5, 5.41) is 6.17. The Morgan fingerprint density at radius 2 is 2.32 bits per heavy atom. The Morgan fingerprint density at radius 1 is 1.53 bits per heavy atom. The lowest BCUT2D eigenvalue weighted by molar-refractivity contribution is 0.0602. The van der Waals surface area contributed by atoms with Crippen LogP contribution in [0.3, 0.4) is 0 Å². The van der Waals surface area contributed by atoms with Gasteiger partial charge in [0.25, 0.3) is 0 Å². The fourth-order valence-electron chi connectivity index (χ4n) is 1.67. The number of ether oxygens (including phenoxy) is 1. The average molecular weight is 277 g/mol. The van der Waals surface area contributed by atoms with Crippen LogP contribution in [0.5, 0.6) is 0 Å². The predicted octanol–water partition coefficient (Wildman–Crippen LogP) is 2.43. The van der Waals surface area contributed by atoms with Crippen molar-refractivity contribution >= 4 is 28.7 Å². The van der Waals surface area contributed by atoms with Crippen molar-refractivity contribution in [2.75, 3.05) is 18.2 Å². The van der Waals surface area contributed by atoms with E-state index in [4.69, 9.17) is 10.5 Å². The molecule has 0 aliphatic heterocycles. The van der Waals surface area contributed by atoms with E-state index in [2.05, 4.69) is 10.3 Å². The summed E-state index contributed by atoms with van der Waals surface area (Å²) in [5.74, 6) is -0.413. The van der Waals surface area contributed by atoms with Crippen LogP contribution in [0, 0.1) is 6.92 Å². The molecule has 2 aromatic rings. The third-order valence-corrected chi connectivity index (χ3v) is 3.40. The van der Waals surface area contributed by atoms with Gasteiger partial charge in [-0.15, -0.1) is 11.3 Å². The summed E-state index contributed by atoms with van der Waals surface area (Å²) in [5.41, 5.74) is 8.26. The summed E-state index contributed by atoms with van der Waals surface area (Å²) in [7, 11) is 1.35. The van der Waals surface area contributed by atoms with Gasteiger partial charge in [0.15, 0.2) is 0 Å². The number of nitrogens with zero attached hydrogens (tertiary/aromatic N) is 1. The first-order chi connectivity index (χ1) is 9.10. The topological polar surface area (TPSA) is 77.2 Å². The molecule has 0 spiro atoms. The number of nitrogens with two attached hydrogens (primary N) is 1. The van der Waals surface area contributed by atoms with E-state index in [0.29, 0.717) is 23.5 Å². The van der Waals surface area contributed by atoms with Crippen LogP contribution in [0.25, 0.3) is 0 Å². The van der Waals surface area contributed by atoms with Crippen molar-refractivity contribution in [3.8, 4) is 0 Å². The minimum Gasteiger partial charge on any atom is -0.465 e. The molecular weight excluding hydrogens is 262 g/mol. The number of benzene rings is 1. The van der Waals surface area contributed by atoms with Crippen molar-refractivity contribution in [3.05, 3.63) is 39.8 Å². The number of aromatic nitrogens is 1. The quantitative estimate of drug-likeness (QED) is 0.663. The van der Waals surface area contributed by atoms with Gasteiger partial charge in [0.2, 0.25) is 0 Å². The zero-order valence-corrected chi connectivity index (χ0v) is 11.6. The molecule has 0 atom stereocenters. The molecule has 3 N–H and O–H groups in total. The van der Waals surface area contributed by atoms with Crippen LogP contribution < -0.4 is 11.1 Å². The van der Waals surface area contributed by atoms with E-state index >= 15 is 0 Å². The van der Waals surface area contributed by atoms with Crippen LogP contribution >= 0.6 is 11.3 Å². The molecule has 100 valence electrons. The van der Waals surface area contributed by atoms with E-state index in [0.717, 1.165) is 10.7 Å². The summed E-state index contributed by atoms with van der Waals surface area (Å²) in [4.78, 5) is 16.0. The SMILES string of the molecule is COC(=O)c1cc(N)ccc1NCc1csc(C)n1. The Balaban J connectivity index is 2.17. The monoisotopic (exact) mass is 277 g/mol. The summed E-state index contributed by atoms with van der Waals surface area (Å²) in [6.45, 7) is 2.51. The standard InChI is InChI=1S/C13H15N3O2S/c1-8-16-10(7-19-8)6-15-12-4-3-9(14)5-11(12)13(17)18-2/h3-5,7,15H,6,14H2,1-2H3. The van der Waals surface area contributed by atoms with Crippen molar-refractivity contribution in [2.24, 2.45) is 0 Å². The minimum absolute atomic E-state index is 0.413. The van der Waals surface area contributed by atoms with Gasteiger partial charge in [-0.2, -0.15) is 0 Å². The van der Waals surface area contributed by atoms with Crippen LogP contribution in [0.4, 0.5) is 11.4 Å². The van der Waals surface area contributed by atoms with Gasteiger partial charge in [-0.1, -0.05) is 0 Å². The second-order valence-electron chi connectivity index (χ2n) is 4.01. The van der Waals surface area contributed by atoms with Crippen LogP contribution in [0.1, 0.15) is 21.1 Å². The summed E-state index contributed by atoms with van der Waals surface area (Å²) < 4.78 is 4.74. The number of carbonyl (C=O) groups is 1. The second kappa shape index (κ2) is 5.71. The number of hydrogen-bond acceptors (Lipinski definition) is 6. The Kier molecular flexibility index (Phi) is 4.01. The number of esters is 1. The first-order valence-corrected chi connectivity index (χ1v) is 6.61. The fraction of sp³-hybridized carbons (Fsp3) is 0.231. The van der Waals surface area contributed by atoms with E-state index in [-0.39, 0.29) is 0 Å². The van der Waals surface area contributed by atoms with Gasteiger partial charge in [0.1, 0.15) is 0 Å². The summed E-state index contributed by atoms with van der Waals surface area (Å²) in [6, 6.07) is 5.10. The maximum absolute atomic E-state index is 11.7. The Bertz CT molecular complexity index is 595. The molecule has 5 nitrogen and oxygen atoms in total. The number of nitrogen functional groups attached to an aromatic ring is 1. The molecule has 1 heterocycles. The molecule has 0 radical (unpaired) electrons. The lowest BCUT2D eigenvalue weighted by atomic mass is 10.1. The van der Waals surface area contributed by atoms with Crippen molar-refractivity contribution in [1.29, 1.82) is 0 Å². The van der Waals surface area contributed by atoms with Gasteiger partial charge in [0, 0.05) is 16.8 Å². The van der Waals surface area contributed by atoms with Crippen LogP contribution in [-0.4, -0.2) is 18.1 Å². The van der Waals surface area contributed by atoms with Crippen LogP contribution in [0.2, 0.25) is 0 Å². The van der Waals surface area contributed by atoms with Crippen molar-refractivity contribution in [3.63, 3.8) is 0 Å².